The summed E-state index contributed by atoms with van der Waals surface area (Å²) in [6.07, 6.45) is 0. The van der Waals surface area contributed by atoms with E-state index in [9.17, 15) is 8.42 Å². The first-order chi connectivity index (χ1) is 12.7. The van der Waals surface area contributed by atoms with E-state index in [2.05, 4.69) is 20.0 Å². The molecular weight excluding hydrogens is 366 g/mol. The highest BCUT2D eigenvalue weighted by Crippen LogP contribution is 2.21. The van der Waals surface area contributed by atoms with Gasteiger partial charge in [-0.25, -0.2) is 23.1 Å². The van der Waals surface area contributed by atoms with Gasteiger partial charge in [-0.3, -0.25) is 0 Å². The zero-order valence-corrected chi connectivity index (χ0v) is 17.2. The maximum absolute atomic E-state index is 12.5. The predicted molar refractivity (Wildman–Crippen MR) is 107 cm³/mol. The van der Waals surface area contributed by atoms with Gasteiger partial charge in [0.1, 0.15) is 23.2 Å². The molecule has 0 radical (unpaired) electrons. The summed E-state index contributed by atoms with van der Waals surface area (Å²) in [5.74, 6) is 2.78. The molecule has 0 bridgehead atoms. The number of nitrogens with one attached hydrogen (secondary N) is 2. The lowest BCUT2D eigenvalue weighted by atomic mass is 10.2. The number of aromatic nitrogens is 2. The molecule has 2 rings (SSSR count). The Hall–Kier alpha value is -2.39. The van der Waals surface area contributed by atoms with E-state index in [1.807, 2.05) is 45.8 Å². The third kappa shape index (κ3) is 5.80. The summed E-state index contributed by atoms with van der Waals surface area (Å²) >= 11 is 0. The number of anilines is 2. The third-order valence-corrected chi connectivity index (χ3v) is 5.22. The van der Waals surface area contributed by atoms with Gasteiger partial charge in [-0.1, -0.05) is 0 Å². The van der Waals surface area contributed by atoms with Crippen LogP contribution in [0.15, 0.2) is 29.2 Å². The molecule has 0 spiro atoms. The van der Waals surface area contributed by atoms with E-state index >= 15 is 0 Å². The van der Waals surface area contributed by atoms with E-state index in [1.54, 1.807) is 18.2 Å². The van der Waals surface area contributed by atoms with Crippen LogP contribution in [-0.2, 0) is 10.0 Å². The van der Waals surface area contributed by atoms with Crippen molar-refractivity contribution < 1.29 is 13.2 Å². The number of benzene rings is 1. The normalized spacial score (nSPS) is 11.3. The van der Waals surface area contributed by atoms with E-state index in [-0.39, 0.29) is 11.4 Å². The lowest BCUT2D eigenvalue weighted by Crippen LogP contribution is -2.29. The molecule has 0 saturated carbocycles. The van der Waals surface area contributed by atoms with Gasteiger partial charge < -0.3 is 15.0 Å². The molecule has 0 aliphatic rings. The molecule has 2 N–H and O–H groups in total. The van der Waals surface area contributed by atoms with Gasteiger partial charge in [0.25, 0.3) is 0 Å². The maximum Gasteiger partial charge on any atom is 0.240 e. The van der Waals surface area contributed by atoms with E-state index in [0.29, 0.717) is 30.5 Å². The minimum atomic E-state index is -3.59. The average molecular weight is 394 g/mol. The Labute approximate surface area is 161 Å². The first-order valence-electron chi connectivity index (χ1n) is 8.73. The van der Waals surface area contributed by atoms with Crippen molar-refractivity contribution in [3.8, 4) is 5.75 Å². The van der Waals surface area contributed by atoms with Crippen molar-refractivity contribution in [2.24, 2.45) is 0 Å². The summed E-state index contributed by atoms with van der Waals surface area (Å²) in [6.45, 7) is 6.70. The number of hydrogen-bond acceptors (Lipinski definition) is 7. The van der Waals surface area contributed by atoms with E-state index in [1.165, 1.54) is 0 Å². The Morgan fingerprint density at radius 3 is 2.48 bits per heavy atom. The molecule has 0 aliphatic heterocycles. The van der Waals surface area contributed by atoms with Crippen molar-refractivity contribution in [1.82, 2.24) is 14.7 Å². The van der Waals surface area contributed by atoms with E-state index < -0.39 is 10.0 Å². The van der Waals surface area contributed by atoms with E-state index in [0.717, 1.165) is 11.4 Å². The van der Waals surface area contributed by atoms with Gasteiger partial charge in [0, 0.05) is 33.3 Å². The standard InChI is InChI=1S/C18H27N5O3S/c1-6-26-16-8-7-15(11-13(16)2)27(24,25)20-10-9-19-17-12-18(23(4)5)22-14(3)21-17/h7-8,11-12,20H,6,9-10H2,1-5H3,(H,19,21,22). The molecule has 27 heavy (non-hydrogen) atoms. The minimum absolute atomic E-state index is 0.219. The number of sulfonamides is 1. The van der Waals surface area contributed by atoms with Crippen LogP contribution in [0.2, 0.25) is 0 Å². The Balaban J connectivity index is 1.95. The molecule has 0 saturated heterocycles. The highest BCUT2D eigenvalue weighted by Gasteiger charge is 2.15. The van der Waals surface area contributed by atoms with Crippen molar-refractivity contribution in [3.63, 3.8) is 0 Å². The van der Waals surface area contributed by atoms with Crippen molar-refractivity contribution in [2.45, 2.75) is 25.7 Å². The second-order valence-corrected chi connectivity index (χ2v) is 8.00. The third-order valence-electron chi connectivity index (χ3n) is 3.76. The lowest BCUT2D eigenvalue weighted by molar-refractivity contribution is 0.337. The second-order valence-electron chi connectivity index (χ2n) is 6.24. The molecule has 0 amide bonds. The molecule has 0 aliphatic carbocycles. The molecule has 148 valence electrons. The molecule has 0 atom stereocenters. The maximum atomic E-state index is 12.5. The van der Waals surface area contributed by atoms with Crippen molar-refractivity contribution in [3.05, 3.63) is 35.7 Å². The van der Waals surface area contributed by atoms with Crippen LogP contribution >= 0.6 is 0 Å². The number of hydrogen-bond donors (Lipinski definition) is 2. The molecule has 9 heteroatoms. The highest BCUT2D eigenvalue weighted by molar-refractivity contribution is 7.89. The Bertz CT molecular complexity index is 885. The molecule has 0 fully saturated rings. The molecule has 8 nitrogen and oxygen atoms in total. The Morgan fingerprint density at radius 2 is 1.85 bits per heavy atom. The van der Waals surface area contributed by atoms with Crippen LogP contribution in [0.4, 0.5) is 11.6 Å². The first kappa shape index (κ1) is 20.9. The Morgan fingerprint density at radius 1 is 1.11 bits per heavy atom. The van der Waals surface area contributed by atoms with Crippen molar-refractivity contribution in [2.75, 3.05) is 44.0 Å². The van der Waals surface area contributed by atoms with Gasteiger partial charge in [-0.2, -0.15) is 0 Å². The number of rotatable bonds is 9. The highest BCUT2D eigenvalue weighted by atomic mass is 32.2. The summed E-state index contributed by atoms with van der Waals surface area (Å²) < 4.78 is 32.9. The van der Waals surface area contributed by atoms with Gasteiger partial charge in [0.05, 0.1) is 11.5 Å². The summed E-state index contributed by atoms with van der Waals surface area (Å²) in [5, 5.41) is 3.12. The number of aryl methyl sites for hydroxylation is 2. The van der Waals surface area contributed by atoms with Crippen LogP contribution in [0.1, 0.15) is 18.3 Å². The van der Waals surface area contributed by atoms with Gasteiger partial charge in [0.15, 0.2) is 0 Å². The monoisotopic (exact) mass is 393 g/mol. The van der Waals surface area contributed by atoms with Crippen molar-refractivity contribution in [1.29, 1.82) is 0 Å². The molecular formula is C18H27N5O3S. The molecule has 2 aromatic rings. The van der Waals surface area contributed by atoms with Crippen molar-refractivity contribution >= 4 is 21.7 Å². The fourth-order valence-corrected chi connectivity index (χ4v) is 3.55. The fourth-order valence-electron chi connectivity index (χ4n) is 2.44. The quantitative estimate of drug-likeness (QED) is 0.629. The fraction of sp³-hybridized carbons (Fsp3) is 0.444. The zero-order chi connectivity index (χ0) is 20.0. The largest absolute Gasteiger partial charge is 0.494 e. The van der Waals surface area contributed by atoms with Crippen LogP contribution in [0.25, 0.3) is 0 Å². The molecule has 0 unspecified atom stereocenters. The van der Waals surface area contributed by atoms with Crippen LogP contribution in [0.3, 0.4) is 0 Å². The second kappa shape index (κ2) is 9.01. The molecule has 1 aromatic carbocycles. The van der Waals surface area contributed by atoms with Gasteiger partial charge in [0.2, 0.25) is 10.0 Å². The van der Waals surface area contributed by atoms with Gasteiger partial charge in [-0.05, 0) is 44.5 Å². The van der Waals surface area contributed by atoms with E-state index in [4.69, 9.17) is 4.74 Å². The average Bonchev–Trinajstić information content (AvgIpc) is 2.60. The number of ether oxygens (including phenoxy) is 1. The zero-order valence-electron chi connectivity index (χ0n) is 16.4. The smallest absolute Gasteiger partial charge is 0.240 e. The Kier molecular flexibility index (Phi) is 6.98. The topological polar surface area (TPSA) is 96.5 Å². The molecule has 1 heterocycles. The molecule has 1 aromatic heterocycles. The van der Waals surface area contributed by atoms with Crippen LogP contribution < -0.4 is 19.7 Å². The SMILES string of the molecule is CCOc1ccc(S(=O)(=O)NCCNc2cc(N(C)C)nc(C)n2)cc1C. The lowest BCUT2D eigenvalue weighted by Gasteiger charge is -2.14. The van der Waals surface area contributed by atoms with Gasteiger partial charge in [-0.15, -0.1) is 0 Å². The number of nitrogens with zero attached hydrogens (tertiary/aromatic N) is 3. The summed E-state index contributed by atoms with van der Waals surface area (Å²) in [4.78, 5) is 10.7. The van der Waals surface area contributed by atoms with Crippen LogP contribution in [0, 0.1) is 13.8 Å². The first-order valence-corrected chi connectivity index (χ1v) is 10.2. The van der Waals surface area contributed by atoms with Crippen LogP contribution in [-0.4, -0.2) is 52.2 Å². The predicted octanol–water partition coefficient (Wildman–Crippen LogP) is 1.95. The summed E-state index contributed by atoms with van der Waals surface area (Å²) in [7, 11) is 0.217. The van der Waals surface area contributed by atoms with Crippen LogP contribution in [0.5, 0.6) is 5.75 Å². The minimum Gasteiger partial charge on any atom is -0.494 e. The summed E-state index contributed by atoms with van der Waals surface area (Å²) in [5.41, 5.74) is 0.783. The van der Waals surface area contributed by atoms with Gasteiger partial charge >= 0.3 is 0 Å². The summed E-state index contributed by atoms with van der Waals surface area (Å²) in [6, 6.07) is 6.65.